The van der Waals surface area contributed by atoms with Gasteiger partial charge in [-0.15, -0.1) is 11.3 Å². The summed E-state index contributed by atoms with van der Waals surface area (Å²) in [7, 11) is 0. The predicted molar refractivity (Wildman–Crippen MR) is 125 cm³/mol. The number of H-pyrrole nitrogens is 1. The Morgan fingerprint density at radius 1 is 1.06 bits per heavy atom. The third-order valence-electron chi connectivity index (χ3n) is 6.21. The van der Waals surface area contributed by atoms with E-state index in [-0.39, 0.29) is 17.3 Å². The number of halogens is 1. The molecule has 10 heteroatoms. The Hall–Kier alpha value is -2.66. The van der Waals surface area contributed by atoms with Gasteiger partial charge in [0.25, 0.3) is 5.56 Å². The van der Waals surface area contributed by atoms with Crippen molar-refractivity contribution < 1.29 is 13.9 Å². The smallest absolute Gasteiger partial charge is 0.260 e. The number of fused-ring (bicyclic) bond motifs is 1. The summed E-state index contributed by atoms with van der Waals surface area (Å²) in [4.78, 5) is 39.9. The number of piperazine rings is 1. The first-order valence-corrected chi connectivity index (χ1v) is 12.0. The number of nitrogens with one attached hydrogen (secondary N) is 1. The number of thiophene rings is 1. The molecule has 0 spiro atoms. The molecule has 2 aliphatic rings. The molecule has 2 fully saturated rings. The third-order valence-corrected chi connectivity index (χ3v) is 7.08. The van der Waals surface area contributed by atoms with Gasteiger partial charge in [0.15, 0.2) is 0 Å². The molecule has 1 aromatic carbocycles. The Kier molecular flexibility index (Phi) is 6.50. The molecule has 4 heterocycles. The first kappa shape index (κ1) is 22.1. The molecule has 0 unspecified atom stereocenters. The van der Waals surface area contributed by atoms with Crippen molar-refractivity contribution in [3.05, 3.63) is 51.6 Å². The van der Waals surface area contributed by atoms with Crippen LogP contribution < -0.4 is 5.56 Å². The Labute approximate surface area is 194 Å². The van der Waals surface area contributed by atoms with Crippen molar-refractivity contribution in [2.75, 3.05) is 59.0 Å². The number of aromatic amines is 1. The van der Waals surface area contributed by atoms with Crippen molar-refractivity contribution in [3.63, 3.8) is 0 Å². The van der Waals surface area contributed by atoms with Crippen LogP contribution in [0.25, 0.3) is 21.3 Å². The minimum absolute atomic E-state index is 0.165. The molecule has 1 N–H and O–H groups in total. The van der Waals surface area contributed by atoms with Crippen LogP contribution in [-0.4, -0.2) is 89.6 Å². The lowest BCUT2D eigenvalue weighted by molar-refractivity contribution is -0.136. The van der Waals surface area contributed by atoms with Crippen LogP contribution in [0.3, 0.4) is 0 Å². The number of aromatic nitrogens is 2. The highest BCUT2D eigenvalue weighted by Crippen LogP contribution is 2.30. The quantitative estimate of drug-likeness (QED) is 0.611. The second kappa shape index (κ2) is 9.68. The fraction of sp³-hybridized carbons (Fsp3) is 0.435. The first-order chi connectivity index (χ1) is 16.1. The van der Waals surface area contributed by atoms with Gasteiger partial charge in [0.05, 0.1) is 31.7 Å². The largest absolute Gasteiger partial charge is 0.378 e. The number of amides is 1. The average molecular weight is 472 g/mol. The van der Waals surface area contributed by atoms with Crippen LogP contribution in [0.2, 0.25) is 0 Å². The number of hydrogen-bond donors (Lipinski definition) is 1. The van der Waals surface area contributed by atoms with Crippen molar-refractivity contribution in [3.8, 4) is 11.1 Å². The summed E-state index contributed by atoms with van der Waals surface area (Å²) in [6.45, 7) is 6.79. The van der Waals surface area contributed by atoms with Crippen molar-refractivity contribution in [1.29, 1.82) is 0 Å². The van der Waals surface area contributed by atoms with Crippen LogP contribution in [0.5, 0.6) is 0 Å². The number of carbonyl (C=O) groups is 1. The van der Waals surface area contributed by atoms with E-state index in [4.69, 9.17) is 4.74 Å². The highest BCUT2D eigenvalue weighted by Gasteiger charge is 2.23. The van der Waals surface area contributed by atoms with Gasteiger partial charge < -0.3 is 14.6 Å². The number of ether oxygens (including phenoxy) is 1. The molecule has 0 radical (unpaired) electrons. The van der Waals surface area contributed by atoms with Gasteiger partial charge in [0.2, 0.25) is 5.91 Å². The second-order valence-corrected chi connectivity index (χ2v) is 9.25. The number of rotatable bonds is 5. The zero-order valence-electron chi connectivity index (χ0n) is 18.3. The van der Waals surface area contributed by atoms with E-state index < -0.39 is 0 Å². The zero-order chi connectivity index (χ0) is 22.8. The van der Waals surface area contributed by atoms with E-state index in [1.165, 1.54) is 23.5 Å². The Morgan fingerprint density at radius 3 is 2.48 bits per heavy atom. The van der Waals surface area contributed by atoms with Crippen molar-refractivity contribution in [2.24, 2.45) is 0 Å². The number of hydrogen-bond acceptors (Lipinski definition) is 7. The maximum atomic E-state index is 13.3. The predicted octanol–water partition coefficient (Wildman–Crippen LogP) is 1.77. The fourth-order valence-electron chi connectivity index (χ4n) is 4.33. The highest BCUT2D eigenvalue weighted by molar-refractivity contribution is 7.17. The molecular formula is C23H26FN5O3S. The van der Waals surface area contributed by atoms with Gasteiger partial charge >= 0.3 is 0 Å². The standard InChI is InChI=1S/C23H26FN5O3S/c24-17-3-1-16(2-4-17)18-15-33-23-21(18)22(31)25-19(26-23)13-27-5-7-28(8-6-27)14-20(30)29-9-11-32-12-10-29/h1-4,15H,5-14H2,(H,25,26,31). The maximum absolute atomic E-state index is 13.3. The van der Waals surface area contributed by atoms with Gasteiger partial charge in [0.1, 0.15) is 16.5 Å². The first-order valence-electron chi connectivity index (χ1n) is 11.1. The third kappa shape index (κ3) is 4.98. The SMILES string of the molecule is O=C(CN1CCN(Cc2nc3scc(-c4ccc(F)cc4)c3c(=O)[nH]2)CC1)N1CCOCC1. The molecule has 2 aromatic heterocycles. The second-order valence-electron chi connectivity index (χ2n) is 8.39. The topological polar surface area (TPSA) is 81.8 Å². The molecule has 174 valence electrons. The van der Waals surface area contributed by atoms with Crippen LogP contribution in [0.15, 0.2) is 34.4 Å². The summed E-state index contributed by atoms with van der Waals surface area (Å²) < 4.78 is 18.6. The van der Waals surface area contributed by atoms with Gasteiger partial charge in [0, 0.05) is 50.2 Å². The van der Waals surface area contributed by atoms with Gasteiger partial charge in [-0.25, -0.2) is 9.37 Å². The van der Waals surface area contributed by atoms with Crippen LogP contribution >= 0.6 is 11.3 Å². The van der Waals surface area contributed by atoms with Crippen LogP contribution in [0.1, 0.15) is 5.82 Å². The van der Waals surface area contributed by atoms with E-state index in [2.05, 4.69) is 19.8 Å². The molecule has 2 saturated heterocycles. The molecule has 5 rings (SSSR count). The van der Waals surface area contributed by atoms with E-state index in [1.807, 2.05) is 10.3 Å². The summed E-state index contributed by atoms with van der Waals surface area (Å²) in [6.07, 6.45) is 0. The van der Waals surface area contributed by atoms with Crippen LogP contribution in [-0.2, 0) is 16.1 Å². The van der Waals surface area contributed by atoms with Crippen molar-refractivity contribution in [2.45, 2.75) is 6.54 Å². The number of benzene rings is 1. The molecule has 8 nitrogen and oxygen atoms in total. The van der Waals surface area contributed by atoms with Gasteiger partial charge in [-0.05, 0) is 17.7 Å². The lowest BCUT2D eigenvalue weighted by Gasteiger charge is -2.35. The molecule has 2 aliphatic heterocycles. The molecule has 33 heavy (non-hydrogen) atoms. The summed E-state index contributed by atoms with van der Waals surface area (Å²) in [5.41, 5.74) is 1.39. The molecular weight excluding hydrogens is 445 g/mol. The summed E-state index contributed by atoms with van der Waals surface area (Å²) in [5.74, 6) is 0.494. The molecule has 0 aliphatic carbocycles. The van der Waals surface area contributed by atoms with Crippen LogP contribution in [0, 0.1) is 5.82 Å². The van der Waals surface area contributed by atoms with Gasteiger partial charge in [-0.3, -0.25) is 19.4 Å². The molecule has 0 bridgehead atoms. The Bertz CT molecular complexity index is 1180. The zero-order valence-corrected chi connectivity index (χ0v) is 19.1. The molecule has 0 atom stereocenters. The van der Waals surface area contributed by atoms with Gasteiger partial charge in [-0.1, -0.05) is 12.1 Å². The van der Waals surface area contributed by atoms with E-state index >= 15 is 0 Å². The van der Waals surface area contributed by atoms with E-state index in [0.29, 0.717) is 55.4 Å². The van der Waals surface area contributed by atoms with Crippen molar-refractivity contribution >= 4 is 27.5 Å². The fourth-order valence-corrected chi connectivity index (χ4v) is 5.30. The van der Waals surface area contributed by atoms with E-state index in [9.17, 15) is 14.0 Å². The molecule has 0 saturated carbocycles. The number of morpholine rings is 1. The van der Waals surface area contributed by atoms with E-state index in [1.54, 1.807) is 12.1 Å². The molecule has 1 amide bonds. The van der Waals surface area contributed by atoms with Crippen LogP contribution in [0.4, 0.5) is 4.39 Å². The normalized spacial score (nSPS) is 18.2. The van der Waals surface area contributed by atoms with Crippen molar-refractivity contribution in [1.82, 2.24) is 24.7 Å². The Morgan fingerprint density at radius 2 is 1.76 bits per heavy atom. The summed E-state index contributed by atoms with van der Waals surface area (Å²) in [5, 5.41) is 2.44. The maximum Gasteiger partial charge on any atom is 0.260 e. The lowest BCUT2D eigenvalue weighted by atomic mass is 10.1. The minimum Gasteiger partial charge on any atom is -0.378 e. The van der Waals surface area contributed by atoms with E-state index in [0.717, 1.165) is 37.3 Å². The van der Waals surface area contributed by atoms with Gasteiger partial charge in [-0.2, -0.15) is 0 Å². The Balaban J connectivity index is 1.21. The molecule has 3 aromatic rings. The summed E-state index contributed by atoms with van der Waals surface area (Å²) >= 11 is 1.42. The monoisotopic (exact) mass is 471 g/mol. The number of carbonyl (C=O) groups excluding carboxylic acids is 1. The average Bonchev–Trinajstić information content (AvgIpc) is 3.26. The summed E-state index contributed by atoms with van der Waals surface area (Å²) in [6, 6.07) is 6.13. The number of nitrogens with zero attached hydrogens (tertiary/aromatic N) is 4. The lowest BCUT2D eigenvalue weighted by Crippen LogP contribution is -2.51. The highest BCUT2D eigenvalue weighted by atomic mass is 32.1. The minimum atomic E-state index is -0.307.